The fourth-order valence-corrected chi connectivity index (χ4v) is 1.78. The van der Waals surface area contributed by atoms with E-state index in [0.717, 1.165) is 5.56 Å². The van der Waals surface area contributed by atoms with Gasteiger partial charge in [-0.05, 0) is 31.0 Å². The Hall–Kier alpha value is -0.730. The molecule has 0 aliphatic heterocycles. The summed E-state index contributed by atoms with van der Waals surface area (Å²) in [6, 6.07) is 7.43. The topological polar surface area (TPSA) is 26.3 Å². The van der Waals surface area contributed by atoms with E-state index in [9.17, 15) is 4.79 Å². The highest BCUT2D eigenvalue weighted by Gasteiger charge is 2.12. The molecule has 0 saturated carbocycles. The third kappa shape index (κ3) is 4.86. The lowest BCUT2D eigenvalue weighted by atomic mass is 10.1. The summed E-state index contributed by atoms with van der Waals surface area (Å²) in [4.78, 5) is 11.2. The predicted molar refractivity (Wildman–Crippen MR) is 66.0 cm³/mol. The van der Waals surface area contributed by atoms with Gasteiger partial charge in [0.2, 0.25) is 0 Å². The molecule has 0 aliphatic carbocycles. The highest BCUT2D eigenvalue weighted by Crippen LogP contribution is 2.15. The van der Waals surface area contributed by atoms with Crippen molar-refractivity contribution in [3.63, 3.8) is 0 Å². The molecule has 0 aliphatic rings. The van der Waals surface area contributed by atoms with Crippen LogP contribution >= 0.6 is 23.2 Å². The number of halogens is 2. The number of hydrogen-bond acceptors (Lipinski definition) is 2. The molecule has 1 aromatic carbocycles. The first-order chi connectivity index (χ1) is 7.61. The molecule has 0 spiro atoms. The van der Waals surface area contributed by atoms with Gasteiger partial charge in [0.05, 0.1) is 13.0 Å². The van der Waals surface area contributed by atoms with E-state index >= 15 is 0 Å². The maximum Gasteiger partial charge on any atom is 0.307 e. The minimum absolute atomic E-state index is 0.234. The van der Waals surface area contributed by atoms with Crippen LogP contribution in [0.3, 0.4) is 0 Å². The molecule has 1 atom stereocenters. The molecule has 0 N–H and O–H groups in total. The smallest absolute Gasteiger partial charge is 0.307 e. The quantitative estimate of drug-likeness (QED) is 0.599. The van der Waals surface area contributed by atoms with Gasteiger partial charge in [-0.25, -0.2) is 0 Å². The Kier molecular flexibility index (Phi) is 5.64. The van der Waals surface area contributed by atoms with Gasteiger partial charge in [-0.3, -0.25) is 4.79 Å². The Balaban J connectivity index is 2.42. The zero-order valence-electron chi connectivity index (χ0n) is 9.08. The molecule has 0 fully saturated rings. The molecule has 1 unspecified atom stereocenters. The van der Waals surface area contributed by atoms with Gasteiger partial charge in [0.1, 0.15) is 0 Å². The first-order valence-electron chi connectivity index (χ1n) is 5.16. The summed E-state index contributed by atoms with van der Waals surface area (Å²) >= 11 is 11.8. The molecule has 0 bridgehead atoms. The molecular formula is C12H14Cl2O2. The van der Waals surface area contributed by atoms with E-state index in [-0.39, 0.29) is 17.8 Å². The van der Waals surface area contributed by atoms with E-state index in [0.29, 0.717) is 18.1 Å². The van der Waals surface area contributed by atoms with Crippen LogP contribution in [0.1, 0.15) is 18.9 Å². The Morgan fingerprint density at radius 3 is 2.56 bits per heavy atom. The van der Waals surface area contributed by atoms with Crippen LogP contribution in [0.25, 0.3) is 0 Å². The summed E-state index contributed by atoms with van der Waals surface area (Å²) in [5, 5.41) is 0.459. The van der Waals surface area contributed by atoms with Gasteiger partial charge in [0, 0.05) is 10.4 Å². The minimum Gasteiger partial charge on any atom is -0.466 e. The largest absolute Gasteiger partial charge is 0.466 e. The van der Waals surface area contributed by atoms with Crippen molar-refractivity contribution in [2.24, 2.45) is 0 Å². The summed E-state index contributed by atoms with van der Waals surface area (Å²) in [7, 11) is 0. The molecule has 1 rings (SSSR count). The van der Waals surface area contributed by atoms with Crippen molar-refractivity contribution in [2.45, 2.75) is 25.1 Å². The van der Waals surface area contributed by atoms with Crippen LogP contribution < -0.4 is 0 Å². The van der Waals surface area contributed by atoms with Crippen LogP contribution in [0.15, 0.2) is 24.3 Å². The van der Waals surface area contributed by atoms with Crippen molar-refractivity contribution in [3.05, 3.63) is 34.9 Å². The summed E-state index contributed by atoms with van der Waals surface area (Å²) in [6.45, 7) is 2.17. The van der Waals surface area contributed by atoms with E-state index in [4.69, 9.17) is 27.9 Å². The van der Waals surface area contributed by atoms with Crippen molar-refractivity contribution in [2.75, 3.05) is 6.61 Å². The molecular weight excluding hydrogens is 247 g/mol. The van der Waals surface area contributed by atoms with Gasteiger partial charge in [0.25, 0.3) is 0 Å². The number of rotatable bonds is 5. The van der Waals surface area contributed by atoms with Gasteiger partial charge >= 0.3 is 5.97 Å². The van der Waals surface area contributed by atoms with Crippen LogP contribution in [0, 0.1) is 0 Å². The van der Waals surface area contributed by atoms with Crippen molar-refractivity contribution >= 4 is 29.2 Å². The number of carbonyl (C=O) groups excluding carboxylic acids is 1. The van der Waals surface area contributed by atoms with Crippen molar-refractivity contribution in [3.8, 4) is 0 Å². The fraction of sp³-hybridized carbons (Fsp3) is 0.417. The summed E-state index contributed by atoms with van der Waals surface area (Å²) in [6.07, 6.45) is 0.871. The Morgan fingerprint density at radius 1 is 1.38 bits per heavy atom. The maximum atomic E-state index is 11.2. The van der Waals surface area contributed by atoms with Gasteiger partial charge in [-0.1, -0.05) is 23.7 Å². The van der Waals surface area contributed by atoms with E-state index in [1.54, 1.807) is 6.92 Å². The van der Waals surface area contributed by atoms with Gasteiger partial charge < -0.3 is 4.74 Å². The highest BCUT2D eigenvalue weighted by molar-refractivity contribution is 6.30. The molecule has 2 nitrogen and oxygen atoms in total. The fourth-order valence-electron chi connectivity index (χ4n) is 1.35. The van der Waals surface area contributed by atoms with Crippen LogP contribution in [-0.4, -0.2) is 18.0 Å². The third-order valence-corrected chi connectivity index (χ3v) is 2.62. The van der Waals surface area contributed by atoms with Crippen molar-refractivity contribution in [1.29, 1.82) is 0 Å². The lowest BCUT2D eigenvalue weighted by molar-refractivity contribution is -0.143. The molecule has 16 heavy (non-hydrogen) atoms. The minimum atomic E-state index is -0.253. The summed E-state index contributed by atoms with van der Waals surface area (Å²) in [5.74, 6) is -0.253. The molecule has 0 radical (unpaired) electrons. The summed E-state index contributed by atoms with van der Waals surface area (Å²) < 4.78 is 4.82. The van der Waals surface area contributed by atoms with Crippen LogP contribution in [0.2, 0.25) is 5.02 Å². The number of ether oxygens (including phenoxy) is 1. The van der Waals surface area contributed by atoms with E-state index in [2.05, 4.69) is 0 Å². The predicted octanol–water partition coefficient (Wildman–Crippen LogP) is 3.44. The first-order valence-corrected chi connectivity index (χ1v) is 5.97. The number of alkyl halides is 1. The zero-order valence-corrected chi connectivity index (χ0v) is 10.6. The second kappa shape index (κ2) is 6.77. The molecule has 0 aromatic heterocycles. The monoisotopic (exact) mass is 260 g/mol. The van der Waals surface area contributed by atoms with Gasteiger partial charge in [0.15, 0.2) is 0 Å². The lowest BCUT2D eigenvalue weighted by Crippen LogP contribution is -2.13. The third-order valence-electron chi connectivity index (χ3n) is 2.06. The maximum absolute atomic E-state index is 11.2. The van der Waals surface area contributed by atoms with E-state index in [1.807, 2.05) is 24.3 Å². The van der Waals surface area contributed by atoms with Crippen molar-refractivity contribution < 1.29 is 9.53 Å². The molecule has 0 heterocycles. The molecule has 4 heteroatoms. The average Bonchev–Trinajstić information content (AvgIpc) is 2.21. The zero-order chi connectivity index (χ0) is 12.0. The number of carbonyl (C=O) groups is 1. The van der Waals surface area contributed by atoms with Crippen LogP contribution in [0.4, 0.5) is 0 Å². The van der Waals surface area contributed by atoms with Crippen LogP contribution in [-0.2, 0) is 16.0 Å². The number of esters is 1. The van der Waals surface area contributed by atoms with Gasteiger partial charge in [-0.2, -0.15) is 0 Å². The Bertz CT molecular complexity index is 335. The number of hydrogen-bond donors (Lipinski definition) is 0. The second-order valence-corrected chi connectivity index (χ2v) is 4.49. The van der Waals surface area contributed by atoms with Crippen molar-refractivity contribution in [1.82, 2.24) is 0 Å². The Labute approximate surface area is 106 Å². The van der Waals surface area contributed by atoms with E-state index in [1.165, 1.54) is 0 Å². The molecule has 88 valence electrons. The normalized spacial score (nSPS) is 12.2. The number of benzene rings is 1. The molecule has 0 amide bonds. The highest BCUT2D eigenvalue weighted by atomic mass is 35.5. The SMILES string of the molecule is CCOC(=O)CC(Cl)Cc1ccc(Cl)cc1. The first kappa shape index (κ1) is 13.3. The molecule has 1 aromatic rings. The standard InChI is InChI=1S/C12H14Cl2O2/c1-2-16-12(15)8-11(14)7-9-3-5-10(13)6-4-9/h3-6,11H,2,7-8H2,1H3. The lowest BCUT2D eigenvalue weighted by Gasteiger charge is -2.08. The van der Waals surface area contributed by atoms with E-state index < -0.39 is 0 Å². The Morgan fingerprint density at radius 2 is 2.00 bits per heavy atom. The molecule has 0 saturated heterocycles. The van der Waals surface area contributed by atoms with Gasteiger partial charge in [-0.15, -0.1) is 11.6 Å². The average molecular weight is 261 g/mol. The summed E-state index contributed by atoms with van der Waals surface area (Å²) in [5.41, 5.74) is 1.06. The second-order valence-electron chi connectivity index (χ2n) is 3.44. The van der Waals surface area contributed by atoms with Crippen LogP contribution in [0.5, 0.6) is 0 Å².